The molecule has 2 aromatic rings. The second kappa shape index (κ2) is 8.90. The second-order valence-corrected chi connectivity index (χ2v) is 8.32. The number of benzene rings is 1. The van der Waals surface area contributed by atoms with Gasteiger partial charge in [-0.1, -0.05) is 6.07 Å². The lowest BCUT2D eigenvalue weighted by Gasteiger charge is -2.33. The van der Waals surface area contributed by atoms with Crippen molar-refractivity contribution in [2.75, 3.05) is 31.5 Å². The minimum absolute atomic E-state index is 0.0366. The smallest absolute Gasteiger partial charge is 0.382 e. The summed E-state index contributed by atoms with van der Waals surface area (Å²) in [6.45, 7) is 1.22. The quantitative estimate of drug-likeness (QED) is 0.723. The van der Waals surface area contributed by atoms with Gasteiger partial charge in [-0.25, -0.2) is 4.39 Å². The molecule has 2 atom stereocenters. The molecule has 2 aliphatic rings. The van der Waals surface area contributed by atoms with E-state index in [1.54, 1.807) is 18.2 Å². The minimum atomic E-state index is -4.51. The number of rotatable bonds is 4. The molecule has 1 N–H and O–H groups in total. The van der Waals surface area contributed by atoms with Gasteiger partial charge < -0.3 is 10.2 Å². The van der Waals surface area contributed by atoms with E-state index >= 15 is 0 Å². The Labute approximate surface area is 182 Å². The number of nitrogens with zero attached hydrogens (tertiary/aromatic N) is 4. The number of carbonyl (C=O) groups is 1. The van der Waals surface area contributed by atoms with Gasteiger partial charge in [0.05, 0.1) is 30.2 Å². The van der Waals surface area contributed by atoms with E-state index < -0.39 is 24.0 Å². The predicted octanol–water partition coefficient (Wildman–Crippen LogP) is 3.59. The molecule has 1 aromatic carbocycles. The summed E-state index contributed by atoms with van der Waals surface area (Å²) in [6, 6.07) is 7.18. The number of nitrogens with one attached hydrogen (secondary N) is 1. The Kier molecular flexibility index (Phi) is 6.20. The van der Waals surface area contributed by atoms with Crippen molar-refractivity contribution < 1.29 is 22.4 Å². The van der Waals surface area contributed by atoms with Gasteiger partial charge in [0.2, 0.25) is 5.91 Å². The van der Waals surface area contributed by atoms with Gasteiger partial charge in [0.25, 0.3) is 0 Å². The SMILES string of the molecule is N#CC1C[C@H](F)CN1C(=O)CN1CCC(Nc2cc(C(F)(F)F)c3ncccc3c2)CC1. The highest BCUT2D eigenvalue weighted by Gasteiger charge is 2.36. The monoisotopic (exact) mass is 449 g/mol. The van der Waals surface area contributed by atoms with Crippen LogP contribution in [0.25, 0.3) is 10.9 Å². The maximum atomic E-state index is 13.6. The summed E-state index contributed by atoms with van der Waals surface area (Å²) in [6.07, 6.45) is -2.99. The first-order valence-corrected chi connectivity index (χ1v) is 10.5. The molecule has 4 rings (SSSR count). The Hall–Kier alpha value is -2.93. The second-order valence-electron chi connectivity index (χ2n) is 8.32. The Morgan fingerprint density at radius 1 is 1.28 bits per heavy atom. The van der Waals surface area contributed by atoms with Gasteiger partial charge in [0.1, 0.15) is 12.2 Å². The number of pyridine rings is 1. The average molecular weight is 449 g/mol. The van der Waals surface area contributed by atoms with Crippen molar-refractivity contribution in [2.24, 2.45) is 0 Å². The summed E-state index contributed by atoms with van der Waals surface area (Å²) in [4.78, 5) is 19.6. The van der Waals surface area contributed by atoms with Crippen molar-refractivity contribution in [3.05, 3.63) is 36.0 Å². The maximum absolute atomic E-state index is 13.6. The number of piperidine rings is 1. The first-order chi connectivity index (χ1) is 15.2. The van der Waals surface area contributed by atoms with E-state index in [0.717, 1.165) is 6.07 Å². The lowest BCUT2D eigenvalue weighted by molar-refractivity contribution is -0.136. The molecule has 1 amide bonds. The molecule has 0 bridgehead atoms. The zero-order valence-corrected chi connectivity index (χ0v) is 17.3. The molecule has 2 aliphatic heterocycles. The van der Waals surface area contributed by atoms with Crippen molar-refractivity contribution in [3.8, 4) is 6.07 Å². The highest BCUT2D eigenvalue weighted by atomic mass is 19.4. The third-order valence-electron chi connectivity index (χ3n) is 6.05. The topological polar surface area (TPSA) is 72.3 Å². The first kappa shape index (κ1) is 22.3. The molecule has 1 aromatic heterocycles. The van der Waals surface area contributed by atoms with E-state index in [9.17, 15) is 22.4 Å². The fourth-order valence-electron chi connectivity index (χ4n) is 4.43. The van der Waals surface area contributed by atoms with Gasteiger partial charge in [-0.3, -0.25) is 14.7 Å². The number of hydrogen-bond acceptors (Lipinski definition) is 5. The van der Waals surface area contributed by atoms with Crippen molar-refractivity contribution in [1.82, 2.24) is 14.8 Å². The molecular weight excluding hydrogens is 426 g/mol. The number of nitriles is 1. The van der Waals surface area contributed by atoms with E-state index in [4.69, 9.17) is 5.26 Å². The van der Waals surface area contributed by atoms with Crippen molar-refractivity contribution in [1.29, 1.82) is 5.26 Å². The molecule has 0 aliphatic carbocycles. The number of likely N-dealkylation sites (tertiary alicyclic amines) is 2. The number of hydrogen-bond donors (Lipinski definition) is 1. The zero-order valence-electron chi connectivity index (χ0n) is 17.3. The van der Waals surface area contributed by atoms with E-state index in [1.807, 2.05) is 11.0 Å². The number of alkyl halides is 4. The lowest BCUT2D eigenvalue weighted by Crippen LogP contribution is -2.46. The molecule has 0 radical (unpaired) electrons. The van der Waals surface area contributed by atoms with Crippen LogP contribution in [0, 0.1) is 11.3 Å². The molecule has 32 heavy (non-hydrogen) atoms. The molecule has 2 saturated heterocycles. The van der Waals surface area contributed by atoms with Crippen LogP contribution in [0.15, 0.2) is 30.5 Å². The summed E-state index contributed by atoms with van der Waals surface area (Å²) in [5.74, 6) is -0.264. The molecule has 0 saturated carbocycles. The maximum Gasteiger partial charge on any atom is 0.418 e. The zero-order chi connectivity index (χ0) is 22.9. The number of amides is 1. The largest absolute Gasteiger partial charge is 0.418 e. The molecular formula is C22H23F4N5O. The Balaban J connectivity index is 1.37. The molecule has 1 unspecified atom stereocenters. The Morgan fingerprint density at radius 3 is 2.72 bits per heavy atom. The van der Waals surface area contributed by atoms with E-state index in [0.29, 0.717) is 37.0 Å². The fraction of sp³-hybridized carbons (Fsp3) is 0.500. The normalized spacial score (nSPS) is 22.8. The van der Waals surface area contributed by atoms with Crippen LogP contribution < -0.4 is 5.32 Å². The van der Waals surface area contributed by atoms with Crippen molar-refractivity contribution in [3.63, 3.8) is 0 Å². The van der Waals surface area contributed by atoms with Crippen LogP contribution in [-0.2, 0) is 11.0 Å². The summed E-state index contributed by atoms with van der Waals surface area (Å²) < 4.78 is 54.1. The Bertz CT molecular complexity index is 1030. The standard InChI is InChI=1S/C22H23F4N5O/c23-15-9-18(11-27)31(12-15)20(32)13-30-6-3-16(4-7-30)29-17-8-14-2-1-5-28-21(14)19(10-17)22(24,25)26/h1-2,5,8,10,15-16,18,29H,3-4,6-7,9,12-13H2/t15-,18?/m0/s1. The van der Waals surface area contributed by atoms with Gasteiger partial charge in [-0.2, -0.15) is 18.4 Å². The van der Waals surface area contributed by atoms with Crippen molar-refractivity contribution >= 4 is 22.5 Å². The summed E-state index contributed by atoms with van der Waals surface area (Å²) in [5.41, 5.74) is -0.466. The van der Waals surface area contributed by atoms with Crippen LogP contribution in [0.3, 0.4) is 0 Å². The Morgan fingerprint density at radius 2 is 2.03 bits per heavy atom. The molecule has 6 nitrogen and oxygen atoms in total. The van der Waals surface area contributed by atoms with E-state index in [1.165, 1.54) is 11.1 Å². The third kappa shape index (κ3) is 4.78. The minimum Gasteiger partial charge on any atom is -0.382 e. The molecule has 2 fully saturated rings. The van der Waals surface area contributed by atoms with Crippen molar-refractivity contribution in [2.45, 2.75) is 43.7 Å². The number of carbonyl (C=O) groups excluding carboxylic acids is 1. The van der Waals surface area contributed by atoms with Gasteiger partial charge in [0.15, 0.2) is 0 Å². The van der Waals surface area contributed by atoms with Crippen LogP contribution >= 0.6 is 0 Å². The average Bonchev–Trinajstić information content (AvgIpc) is 3.15. The molecule has 0 spiro atoms. The van der Waals surface area contributed by atoms with Crippen LogP contribution in [0.1, 0.15) is 24.8 Å². The van der Waals surface area contributed by atoms with Gasteiger partial charge in [0, 0.05) is 42.8 Å². The lowest BCUT2D eigenvalue weighted by atomic mass is 10.0. The predicted molar refractivity (Wildman–Crippen MR) is 110 cm³/mol. The van der Waals surface area contributed by atoms with Crippen LogP contribution in [0.4, 0.5) is 23.2 Å². The molecule has 170 valence electrons. The number of aromatic nitrogens is 1. The van der Waals surface area contributed by atoms with E-state index in [-0.39, 0.29) is 37.0 Å². The highest BCUT2D eigenvalue weighted by molar-refractivity contribution is 5.86. The highest BCUT2D eigenvalue weighted by Crippen LogP contribution is 2.36. The fourth-order valence-corrected chi connectivity index (χ4v) is 4.43. The third-order valence-corrected chi connectivity index (χ3v) is 6.05. The van der Waals surface area contributed by atoms with E-state index in [2.05, 4.69) is 10.3 Å². The summed E-state index contributed by atoms with van der Waals surface area (Å²) in [5, 5.41) is 12.7. The number of fused-ring (bicyclic) bond motifs is 1. The van der Waals surface area contributed by atoms with Gasteiger partial charge in [-0.05, 0) is 31.0 Å². The van der Waals surface area contributed by atoms with Crippen LogP contribution in [-0.4, -0.2) is 65.1 Å². The molecule has 3 heterocycles. The summed E-state index contributed by atoms with van der Waals surface area (Å²) >= 11 is 0. The number of halogens is 4. The number of anilines is 1. The van der Waals surface area contributed by atoms with Crippen LogP contribution in [0.2, 0.25) is 0 Å². The molecule has 10 heteroatoms. The van der Waals surface area contributed by atoms with Gasteiger partial charge >= 0.3 is 6.18 Å². The van der Waals surface area contributed by atoms with Crippen LogP contribution in [0.5, 0.6) is 0 Å². The first-order valence-electron chi connectivity index (χ1n) is 10.5. The van der Waals surface area contributed by atoms with Gasteiger partial charge in [-0.15, -0.1) is 0 Å². The summed E-state index contributed by atoms with van der Waals surface area (Å²) in [7, 11) is 0.